The van der Waals surface area contributed by atoms with E-state index in [2.05, 4.69) is 0 Å². The van der Waals surface area contributed by atoms with Crippen LogP contribution < -0.4 is 0 Å². The number of ether oxygens (including phenoxy) is 5. The molecule has 0 bridgehead atoms. The maximum Gasteiger partial charge on any atom is 0.303 e. The fourth-order valence-corrected chi connectivity index (χ4v) is 5.01. The van der Waals surface area contributed by atoms with Gasteiger partial charge in [0, 0.05) is 45.6 Å². The third kappa shape index (κ3) is 8.57. The normalized spacial score (nSPS) is 17.3. The van der Waals surface area contributed by atoms with Crippen molar-refractivity contribution in [2.45, 2.75) is 69.2 Å². The monoisotopic (exact) mass is 553 g/mol. The van der Waals surface area contributed by atoms with Crippen LogP contribution in [0.4, 0.5) is 0 Å². The molecule has 0 saturated carbocycles. The molecule has 0 spiro atoms. The summed E-state index contributed by atoms with van der Waals surface area (Å²) in [6.07, 6.45) is -5.29. The molecule has 5 atom stereocenters. The second-order valence-electron chi connectivity index (χ2n) is 8.08. The van der Waals surface area contributed by atoms with Crippen LogP contribution in [0.3, 0.4) is 0 Å². The summed E-state index contributed by atoms with van der Waals surface area (Å²) < 4.78 is 26.4. The first kappa shape index (κ1) is 30.3. The van der Waals surface area contributed by atoms with Crippen LogP contribution in [0.25, 0.3) is 6.08 Å². The maximum absolute atomic E-state index is 12.2. The maximum atomic E-state index is 12.2. The lowest BCUT2D eigenvalue weighted by Gasteiger charge is -2.38. The van der Waals surface area contributed by atoms with Crippen molar-refractivity contribution in [3.63, 3.8) is 0 Å². The summed E-state index contributed by atoms with van der Waals surface area (Å²) in [4.78, 5) is 71.8. The second-order valence-corrected chi connectivity index (χ2v) is 9.26. The molecule has 0 amide bonds. The molecule has 206 valence electrons. The van der Waals surface area contributed by atoms with Gasteiger partial charge in [-0.05, 0) is 11.6 Å². The highest BCUT2D eigenvalue weighted by molar-refractivity contribution is 8.00. The number of hydrogen-bond donors (Lipinski definition) is 0. The molecule has 1 aliphatic rings. The van der Waals surface area contributed by atoms with Crippen molar-refractivity contribution in [3.8, 4) is 0 Å². The molecule has 0 radical (unpaired) electrons. The Morgan fingerprint density at radius 1 is 0.842 bits per heavy atom. The molecule has 1 aliphatic heterocycles. The van der Waals surface area contributed by atoms with Crippen molar-refractivity contribution in [2.24, 2.45) is 0 Å². The lowest BCUT2D eigenvalue weighted by atomic mass is 9.97. The molecule has 14 heteroatoms. The van der Waals surface area contributed by atoms with E-state index in [4.69, 9.17) is 23.7 Å². The van der Waals surface area contributed by atoms with Gasteiger partial charge in [0.2, 0.25) is 0 Å². The van der Waals surface area contributed by atoms with Crippen LogP contribution in [0.5, 0.6) is 0 Å². The van der Waals surface area contributed by atoms with Crippen LogP contribution in [-0.2, 0) is 47.7 Å². The zero-order valence-corrected chi connectivity index (χ0v) is 22.1. The van der Waals surface area contributed by atoms with E-state index in [1.54, 1.807) is 24.3 Å². The third-order valence-corrected chi connectivity index (χ3v) is 6.35. The summed E-state index contributed by atoms with van der Waals surface area (Å²) in [7, 11) is 0. The van der Waals surface area contributed by atoms with Crippen LogP contribution in [0, 0.1) is 10.1 Å². The molecule has 0 unspecified atom stereocenters. The van der Waals surface area contributed by atoms with E-state index >= 15 is 0 Å². The zero-order valence-electron chi connectivity index (χ0n) is 21.2. The first-order valence-electron chi connectivity index (χ1n) is 11.2. The van der Waals surface area contributed by atoms with E-state index in [-0.39, 0.29) is 5.70 Å². The summed E-state index contributed by atoms with van der Waals surface area (Å²) in [5.41, 5.74) is 0.151. The number of benzene rings is 1. The van der Waals surface area contributed by atoms with E-state index in [0.29, 0.717) is 10.5 Å². The first-order chi connectivity index (χ1) is 17.8. The van der Waals surface area contributed by atoms with Gasteiger partial charge in [-0.2, -0.15) is 0 Å². The van der Waals surface area contributed by atoms with Crippen LogP contribution in [-0.4, -0.2) is 71.0 Å². The highest BCUT2D eigenvalue weighted by Gasteiger charge is 2.51. The van der Waals surface area contributed by atoms with Crippen LogP contribution in [0.15, 0.2) is 34.9 Å². The predicted molar refractivity (Wildman–Crippen MR) is 130 cm³/mol. The number of carbonyl (C=O) groups is 5. The van der Waals surface area contributed by atoms with Crippen molar-refractivity contribution in [3.05, 3.63) is 45.6 Å². The number of fused-ring (bicyclic) bond motifs is 1. The zero-order chi connectivity index (χ0) is 28.6. The van der Waals surface area contributed by atoms with Crippen molar-refractivity contribution in [1.29, 1.82) is 0 Å². The third-order valence-electron chi connectivity index (χ3n) is 4.97. The average Bonchev–Trinajstić information content (AvgIpc) is 2.81. The summed E-state index contributed by atoms with van der Waals surface area (Å²) >= 11 is 0.967. The summed E-state index contributed by atoms with van der Waals surface area (Å²) in [6.45, 7) is 4.57. The van der Waals surface area contributed by atoms with Crippen LogP contribution >= 0.6 is 11.8 Å². The average molecular weight is 554 g/mol. The van der Waals surface area contributed by atoms with Crippen molar-refractivity contribution in [1.82, 2.24) is 0 Å². The predicted octanol–water partition coefficient (Wildman–Crippen LogP) is 2.07. The van der Waals surface area contributed by atoms with E-state index < -0.39 is 71.0 Å². The highest BCUT2D eigenvalue weighted by Crippen LogP contribution is 2.42. The van der Waals surface area contributed by atoms with Gasteiger partial charge in [0.25, 0.3) is 5.70 Å². The molecule has 13 nitrogen and oxygen atoms in total. The Morgan fingerprint density at radius 2 is 1.39 bits per heavy atom. The number of carbonyl (C=O) groups excluding carboxylic acids is 5. The van der Waals surface area contributed by atoms with Gasteiger partial charge >= 0.3 is 29.8 Å². The van der Waals surface area contributed by atoms with Gasteiger partial charge in [-0.1, -0.05) is 18.2 Å². The van der Waals surface area contributed by atoms with Crippen molar-refractivity contribution in [2.75, 3.05) is 6.61 Å². The van der Waals surface area contributed by atoms with Gasteiger partial charge in [0.05, 0.1) is 4.92 Å². The number of nitro groups is 1. The molecular weight excluding hydrogens is 526 g/mol. The van der Waals surface area contributed by atoms with Crippen molar-refractivity contribution >= 4 is 47.7 Å². The number of nitrogens with zero attached hydrogens (tertiary/aromatic N) is 1. The molecule has 2 rings (SSSR count). The Balaban J connectivity index is 2.71. The molecule has 1 heterocycles. The van der Waals surface area contributed by atoms with E-state index in [0.717, 1.165) is 46.4 Å². The Morgan fingerprint density at radius 3 is 1.92 bits per heavy atom. The molecule has 1 aromatic rings. The molecular formula is C24H27NO12S. The first-order valence-corrected chi connectivity index (χ1v) is 12.1. The van der Waals surface area contributed by atoms with Gasteiger partial charge in [0.1, 0.15) is 11.9 Å². The summed E-state index contributed by atoms with van der Waals surface area (Å²) in [6, 6.07) is 6.74. The Kier molecular flexibility index (Phi) is 10.8. The molecule has 0 aromatic heterocycles. The van der Waals surface area contributed by atoms with Gasteiger partial charge in [0.15, 0.2) is 24.4 Å². The number of esters is 5. The van der Waals surface area contributed by atoms with Crippen LogP contribution in [0.2, 0.25) is 0 Å². The lowest BCUT2D eigenvalue weighted by molar-refractivity contribution is -0.427. The minimum Gasteiger partial charge on any atom is -0.462 e. The SMILES string of the molecule is CC(=O)OC[C@@H](OC(C)=O)[C@@H](OC(C)=O)[C@H](OC(C)=O)[C@H](OC(C)=O)[C@@H]1Sc2ccccc2C=C1[N+](=O)[O-]. The second kappa shape index (κ2) is 13.6. The summed E-state index contributed by atoms with van der Waals surface area (Å²) in [5.74, 6) is -4.36. The molecule has 0 fully saturated rings. The standard InChI is InChI=1S/C24H27NO12S/c1-12(26)33-11-19(34-13(2)27)21(35-14(3)28)22(36-15(4)29)23(37-16(5)30)24-18(25(31)32)10-17-8-6-7-9-20(17)38-24/h6-10,19,21-24H,11H2,1-5H3/t19-,21-,22+,23+,24-/m1/s1. The summed E-state index contributed by atoms with van der Waals surface area (Å²) in [5, 5.41) is 10.8. The van der Waals surface area contributed by atoms with Gasteiger partial charge in [-0.25, -0.2) is 0 Å². The van der Waals surface area contributed by atoms with Gasteiger partial charge < -0.3 is 23.7 Å². The fraction of sp³-hybridized carbons (Fsp3) is 0.458. The van der Waals surface area contributed by atoms with E-state index in [9.17, 15) is 34.1 Å². The Hall–Kier alpha value is -3.94. The van der Waals surface area contributed by atoms with Gasteiger partial charge in [-0.15, -0.1) is 11.8 Å². The topological polar surface area (TPSA) is 175 Å². The smallest absolute Gasteiger partial charge is 0.303 e. The van der Waals surface area contributed by atoms with Gasteiger partial charge in [-0.3, -0.25) is 34.1 Å². The van der Waals surface area contributed by atoms with Crippen molar-refractivity contribution < 1.29 is 52.6 Å². The quantitative estimate of drug-likeness (QED) is 0.169. The fourth-order valence-electron chi connectivity index (χ4n) is 3.70. The Labute approximate surface area is 221 Å². The Bertz CT molecular complexity index is 1130. The molecule has 0 N–H and O–H groups in total. The molecule has 0 aliphatic carbocycles. The highest BCUT2D eigenvalue weighted by atomic mass is 32.2. The van der Waals surface area contributed by atoms with E-state index in [1.807, 2.05) is 0 Å². The minimum absolute atomic E-state index is 0.386. The minimum atomic E-state index is -1.73. The number of rotatable bonds is 11. The van der Waals surface area contributed by atoms with E-state index in [1.165, 1.54) is 6.08 Å². The lowest BCUT2D eigenvalue weighted by Crippen LogP contribution is -2.56. The molecule has 0 saturated heterocycles. The molecule has 1 aromatic carbocycles. The molecule has 38 heavy (non-hydrogen) atoms. The van der Waals surface area contributed by atoms with Crippen LogP contribution in [0.1, 0.15) is 40.2 Å². The number of hydrogen-bond acceptors (Lipinski definition) is 13. The number of thioether (sulfide) groups is 1. The largest absolute Gasteiger partial charge is 0.462 e.